The molecule has 23 heavy (non-hydrogen) atoms. The molecule has 5 heteroatoms. The maximum absolute atomic E-state index is 11.3. The lowest BCUT2D eigenvalue weighted by atomic mass is 10.0. The summed E-state index contributed by atoms with van der Waals surface area (Å²) in [6.07, 6.45) is 3.18. The topological polar surface area (TPSA) is 54.0 Å². The minimum atomic E-state index is -0.0521. The number of hydrogen-bond donors (Lipinski definition) is 0. The largest absolute Gasteiger partial charge is 0.496 e. The molecule has 0 amide bonds. The van der Waals surface area contributed by atoms with Crippen LogP contribution < -0.4 is 18.9 Å². The predicted octanol–water partition coefficient (Wildman–Crippen LogP) is 3.48. The molecule has 0 atom stereocenters. The Labute approximate surface area is 135 Å². The molecule has 122 valence electrons. The van der Waals surface area contributed by atoms with E-state index >= 15 is 0 Å². The van der Waals surface area contributed by atoms with Crippen LogP contribution >= 0.6 is 0 Å². The van der Waals surface area contributed by atoms with Gasteiger partial charge in [0.2, 0.25) is 0 Å². The highest BCUT2D eigenvalue weighted by Gasteiger charge is 2.19. The van der Waals surface area contributed by atoms with Gasteiger partial charge in [0, 0.05) is 5.56 Å². The highest BCUT2D eigenvalue weighted by atomic mass is 16.5. The minimum Gasteiger partial charge on any atom is -0.496 e. The number of allylic oxidation sites excluding steroid dienone is 1. The van der Waals surface area contributed by atoms with Crippen LogP contribution in [0.1, 0.15) is 12.5 Å². The van der Waals surface area contributed by atoms with E-state index in [1.165, 1.54) is 13.0 Å². The summed E-state index contributed by atoms with van der Waals surface area (Å²) in [5.74, 6) is 2.43. The lowest BCUT2D eigenvalue weighted by Gasteiger charge is -2.17. The van der Waals surface area contributed by atoms with Gasteiger partial charge in [0.05, 0.1) is 39.2 Å². The second kappa shape index (κ2) is 7.05. The van der Waals surface area contributed by atoms with Crippen LogP contribution in [0.25, 0.3) is 16.8 Å². The fraction of sp³-hybridized carbons (Fsp3) is 0.278. The van der Waals surface area contributed by atoms with Crippen LogP contribution in [0.2, 0.25) is 0 Å². The smallest absolute Gasteiger partial charge is 0.152 e. The Bertz CT molecular complexity index is 762. The molecule has 0 saturated carbocycles. The first kappa shape index (κ1) is 16.7. The van der Waals surface area contributed by atoms with Crippen molar-refractivity contribution in [3.05, 3.63) is 29.8 Å². The molecule has 0 spiro atoms. The Kier molecular flexibility index (Phi) is 5.11. The van der Waals surface area contributed by atoms with Crippen LogP contribution in [0.3, 0.4) is 0 Å². The first-order valence-electron chi connectivity index (χ1n) is 7.05. The van der Waals surface area contributed by atoms with E-state index in [0.717, 1.165) is 16.3 Å². The monoisotopic (exact) mass is 316 g/mol. The molecule has 0 bridgehead atoms. The average Bonchev–Trinajstić information content (AvgIpc) is 2.57. The summed E-state index contributed by atoms with van der Waals surface area (Å²) >= 11 is 0. The molecule has 2 aromatic rings. The third kappa shape index (κ3) is 3.08. The number of methoxy groups -OCH3 is 4. The van der Waals surface area contributed by atoms with Gasteiger partial charge >= 0.3 is 0 Å². The first-order chi connectivity index (χ1) is 11.1. The van der Waals surface area contributed by atoms with Crippen molar-refractivity contribution in [2.75, 3.05) is 28.4 Å². The van der Waals surface area contributed by atoms with Crippen molar-refractivity contribution in [2.24, 2.45) is 0 Å². The number of carbonyl (C=O) groups excluding carboxylic acids is 1. The molecule has 0 aliphatic carbocycles. The summed E-state index contributed by atoms with van der Waals surface area (Å²) in [6.45, 7) is 1.49. The molecule has 0 fully saturated rings. The third-order valence-corrected chi connectivity index (χ3v) is 3.51. The lowest BCUT2D eigenvalue weighted by Crippen LogP contribution is -1.98. The standard InChI is InChI=1S/C18H20O5/c1-11(19)6-7-12-10-15(22-4)16-13(20-2)8-9-14(21-3)17(16)18(12)23-5/h6-10H,1-5H3/b7-6+. The van der Waals surface area contributed by atoms with Crippen LogP contribution in [-0.4, -0.2) is 34.2 Å². The van der Waals surface area contributed by atoms with Crippen LogP contribution in [0.15, 0.2) is 24.3 Å². The molecule has 0 N–H and O–H groups in total. The van der Waals surface area contributed by atoms with Crippen LogP contribution in [0, 0.1) is 0 Å². The van der Waals surface area contributed by atoms with Crippen molar-refractivity contribution in [1.29, 1.82) is 0 Å². The number of carbonyl (C=O) groups is 1. The van der Waals surface area contributed by atoms with Crippen LogP contribution in [-0.2, 0) is 4.79 Å². The van der Waals surface area contributed by atoms with Gasteiger partial charge in [-0.2, -0.15) is 0 Å². The van der Waals surface area contributed by atoms with Crippen LogP contribution in [0.4, 0.5) is 0 Å². The van der Waals surface area contributed by atoms with E-state index in [1.807, 2.05) is 18.2 Å². The third-order valence-electron chi connectivity index (χ3n) is 3.51. The van der Waals surface area contributed by atoms with E-state index in [0.29, 0.717) is 23.0 Å². The van der Waals surface area contributed by atoms with Gasteiger partial charge in [-0.1, -0.05) is 0 Å². The Balaban J connectivity index is 2.94. The first-order valence-corrected chi connectivity index (χ1v) is 7.05. The molecule has 5 nitrogen and oxygen atoms in total. The van der Waals surface area contributed by atoms with Crippen molar-refractivity contribution in [3.8, 4) is 23.0 Å². The predicted molar refractivity (Wildman–Crippen MR) is 89.9 cm³/mol. The zero-order valence-corrected chi connectivity index (χ0v) is 13.9. The summed E-state index contributed by atoms with van der Waals surface area (Å²) in [7, 11) is 6.34. The highest BCUT2D eigenvalue weighted by molar-refractivity contribution is 6.05. The van der Waals surface area contributed by atoms with E-state index in [1.54, 1.807) is 34.5 Å². The van der Waals surface area contributed by atoms with Gasteiger partial charge in [-0.25, -0.2) is 0 Å². The average molecular weight is 316 g/mol. The molecule has 0 saturated heterocycles. The van der Waals surface area contributed by atoms with Crippen molar-refractivity contribution in [3.63, 3.8) is 0 Å². The van der Waals surface area contributed by atoms with Crippen LogP contribution in [0.5, 0.6) is 23.0 Å². The molecule has 0 aromatic heterocycles. The molecule has 2 rings (SSSR count). The second-order valence-electron chi connectivity index (χ2n) is 4.87. The number of hydrogen-bond acceptors (Lipinski definition) is 5. The van der Waals surface area contributed by atoms with Gasteiger partial charge in [-0.15, -0.1) is 0 Å². The zero-order valence-electron chi connectivity index (χ0n) is 13.9. The van der Waals surface area contributed by atoms with E-state index in [9.17, 15) is 4.79 Å². The molecule has 0 aliphatic rings. The van der Waals surface area contributed by atoms with Crippen molar-refractivity contribution in [1.82, 2.24) is 0 Å². The normalized spacial score (nSPS) is 10.8. The van der Waals surface area contributed by atoms with Gasteiger partial charge in [-0.05, 0) is 37.3 Å². The van der Waals surface area contributed by atoms with Gasteiger partial charge in [0.25, 0.3) is 0 Å². The Morgan fingerprint density at radius 3 is 1.91 bits per heavy atom. The number of ether oxygens (including phenoxy) is 4. The van der Waals surface area contributed by atoms with Gasteiger partial charge in [0.1, 0.15) is 23.0 Å². The molecule has 0 radical (unpaired) electrons. The van der Waals surface area contributed by atoms with E-state index in [2.05, 4.69) is 0 Å². The minimum absolute atomic E-state index is 0.0521. The molecular formula is C18H20O5. The number of fused-ring (bicyclic) bond motifs is 1. The molecular weight excluding hydrogens is 296 g/mol. The molecule has 0 heterocycles. The fourth-order valence-electron chi connectivity index (χ4n) is 2.51. The van der Waals surface area contributed by atoms with E-state index in [-0.39, 0.29) is 5.78 Å². The maximum Gasteiger partial charge on any atom is 0.152 e. The van der Waals surface area contributed by atoms with Crippen molar-refractivity contribution < 1.29 is 23.7 Å². The summed E-state index contributed by atoms with van der Waals surface area (Å²) in [5, 5.41) is 1.49. The molecule has 2 aromatic carbocycles. The molecule has 0 aliphatic heterocycles. The summed E-state index contributed by atoms with van der Waals surface area (Å²) < 4.78 is 22.0. The van der Waals surface area contributed by atoms with Gasteiger partial charge in [0.15, 0.2) is 5.78 Å². The summed E-state index contributed by atoms with van der Waals surface area (Å²) in [5.41, 5.74) is 0.721. The highest BCUT2D eigenvalue weighted by Crippen LogP contribution is 2.46. The van der Waals surface area contributed by atoms with Gasteiger partial charge < -0.3 is 18.9 Å². The second-order valence-corrected chi connectivity index (χ2v) is 4.87. The Morgan fingerprint density at radius 1 is 0.870 bits per heavy atom. The summed E-state index contributed by atoms with van der Waals surface area (Å²) in [6, 6.07) is 5.43. The van der Waals surface area contributed by atoms with Gasteiger partial charge in [-0.3, -0.25) is 4.79 Å². The SMILES string of the molecule is COc1ccc(OC)c2c(OC)c(/C=C/C(C)=O)cc(OC)c12. The zero-order chi connectivity index (χ0) is 17.0. The lowest BCUT2D eigenvalue weighted by molar-refractivity contribution is -0.112. The van der Waals surface area contributed by atoms with E-state index < -0.39 is 0 Å². The maximum atomic E-state index is 11.3. The number of ketones is 1. The van der Waals surface area contributed by atoms with Crippen molar-refractivity contribution in [2.45, 2.75) is 6.92 Å². The Morgan fingerprint density at radius 2 is 1.43 bits per heavy atom. The quantitative estimate of drug-likeness (QED) is 0.764. The Hall–Kier alpha value is -2.69. The number of rotatable bonds is 6. The molecule has 0 unspecified atom stereocenters. The van der Waals surface area contributed by atoms with Crippen molar-refractivity contribution >= 4 is 22.6 Å². The van der Waals surface area contributed by atoms with E-state index in [4.69, 9.17) is 18.9 Å². The fourth-order valence-corrected chi connectivity index (χ4v) is 2.51. The number of benzene rings is 2. The summed E-state index contributed by atoms with van der Waals surface area (Å²) in [4.78, 5) is 11.3.